The molecule has 1 aliphatic heterocycles. The smallest absolute Gasteiger partial charge is 0.159 e. The number of halogens is 1. The third kappa shape index (κ3) is 4.26. The Balaban J connectivity index is 1.92. The second-order valence-electron chi connectivity index (χ2n) is 4.69. The minimum absolute atomic E-state index is 0.00102. The van der Waals surface area contributed by atoms with Crippen molar-refractivity contribution in [3.8, 4) is 0 Å². The van der Waals surface area contributed by atoms with Crippen molar-refractivity contribution in [2.75, 3.05) is 33.4 Å². The van der Waals surface area contributed by atoms with E-state index in [0.29, 0.717) is 13.2 Å². The molecule has 1 atom stereocenters. The molecule has 1 N–H and O–H groups in total. The van der Waals surface area contributed by atoms with Gasteiger partial charge in [-0.3, -0.25) is 4.90 Å². The molecule has 1 aromatic carbocycles. The van der Waals surface area contributed by atoms with Crippen molar-refractivity contribution in [3.05, 3.63) is 34.3 Å². The lowest BCUT2D eigenvalue weighted by Gasteiger charge is -2.27. The first-order valence-corrected chi connectivity index (χ1v) is 7.30. The first kappa shape index (κ1) is 14.9. The van der Waals surface area contributed by atoms with Gasteiger partial charge in [-0.1, -0.05) is 28.1 Å². The lowest BCUT2D eigenvalue weighted by atomic mass is 10.1. The Morgan fingerprint density at radius 1 is 1.42 bits per heavy atom. The van der Waals surface area contributed by atoms with Crippen molar-refractivity contribution in [3.63, 3.8) is 0 Å². The molecule has 0 radical (unpaired) electrons. The number of ether oxygens (including phenoxy) is 2. The van der Waals surface area contributed by atoms with Crippen LogP contribution in [0.2, 0.25) is 0 Å². The van der Waals surface area contributed by atoms with Gasteiger partial charge in [0.2, 0.25) is 0 Å². The van der Waals surface area contributed by atoms with Crippen LogP contribution in [0.1, 0.15) is 18.0 Å². The highest BCUT2D eigenvalue weighted by molar-refractivity contribution is 9.10. The van der Waals surface area contributed by atoms with Crippen LogP contribution >= 0.6 is 15.9 Å². The van der Waals surface area contributed by atoms with Crippen molar-refractivity contribution >= 4 is 15.9 Å². The molecular formula is C14H20BrNO3. The molecule has 0 spiro atoms. The second kappa shape index (κ2) is 7.36. The number of aliphatic hydroxyl groups is 1. The third-order valence-electron chi connectivity index (χ3n) is 3.35. The second-order valence-corrected chi connectivity index (χ2v) is 5.61. The summed E-state index contributed by atoms with van der Waals surface area (Å²) in [5.41, 5.74) is 1.10. The Bertz CT molecular complexity index is 396. The fourth-order valence-electron chi connectivity index (χ4n) is 2.25. The van der Waals surface area contributed by atoms with E-state index in [-0.39, 0.29) is 18.9 Å². The monoisotopic (exact) mass is 329 g/mol. The zero-order valence-electron chi connectivity index (χ0n) is 11.1. The normalized spacial score (nSPS) is 18.1. The average Bonchev–Trinajstić information content (AvgIpc) is 2.90. The summed E-state index contributed by atoms with van der Waals surface area (Å²) in [6.07, 6.45) is 0.727. The van der Waals surface area contributed by atoms with E-state index in [2.05, 4.69) is 20.8 Å². The molecule has 1 fully saturated rings. The fourth-order valence-corrected chi connectivity index (χ4v) is 2.67. The van der Waals surface area contributed by atoms with Crippen molar-refractivity contribution < 1.29 is 14.6 Å². The number of rotatable bonds is 6. The molecule has 19 heavy (non-hydrogen) atoms. The molecule has 0 aromatic heterocycles. The molecule has 106 valence electrons. The van der Waals surface area contributed by atoms with Gasteiger partial charge in [-0.15, -0.1) is 0 Å². The summed E-state index contributed by atoms with van der Waals surface area (Å²) >= 11 is 3.46. The quantitative estimate of drug-likeness (QED) is 0.868. The summed E-state index contributed by atoms with van der Waals surface area (Å²) in [5, 5.41) is 9.61. The molecular weight excluding hydrogens is 310 g/mol. The van der Waals surface area contributed by atoms with E-state index < -0.39 is 0 Å². The van der Waals surface area contributed by atoms with E-state index in [1.54, 1.807) is 0 Å². The van der Waals surface area contributed by atoms with E-state index in [1.165, 1.54) is 0 Å². The molecule has 0 saturated carbocycles. The Labute approximate surface area is 122 Å². The van der Waals surface area contributed by atoms with Gasteiger partial charge in [0.25, 0.3) is 0 Å². The van der Waals surface area contributed by atoms with Crippen LogP contribution in [0.25, 0.3) is 0 Å². The maximum atomic E-state index is 9.61. The van der Waals surface area contributed by atoms with Gasteiger partial charge in [0.15, 0.2) is 6.29 Å². The zero-order chi connectivity index (χ0) is 13.7. The van der Waals surface area contributed by atoms with Crippen molar-refractivity contribution in [2.45, 2.75) is 18.8 Å². The van der Waals surface area contributed by atoms with E-state index in [4.69, 9.17) is 9.47 Å². The maximum Gasteiger partial charge on any atom is 0.159 e. The largest absolute Gasteiger partial charge is 0.394 e. The third-order valence-corrected chi connectivity index (χ3v) is 3.84. The van der Waals surface area contributed by atoms with Gasteiger partial charge in [-0.2, -0.15) is 0 Å². The first-order chi connectivity index (χ1) is 9.20. The van der Waals surface area contributed by atoms with Crippen LogP contribution in [0.3, 0.4) is 0 Å². The number of nitrogens with zero attached hydrogens (tertiary/aromatic N) is 1. The molecule has 2 rings (SSSR count). The van der Waals surface area contributed by atoms with Crippen molar-refractivity contribution in [2.24, 2.45) is 0 Å². The number of aliphatic hydroxyl groups excluding tert-OH is 1. The highest BCUT2D eigenvalue weighted by Crippen LogP contribution is 2.23. The number of hydrogen-bond acceptors (Lipinski definition) is 4. The van der Waals surface area contributed by atoms with Crippen LogP contribution in [-0.4, -0.2) is 49.7 Å². The van der Waals surface area contributed by atoms with E-state index in [1.807, 2.05) is 31.3 Å². The van der Waals surface area contributed by atoms with Crippen molar-refractivity contribution in [1.29, 1.82) is 0 Å². The van der Waals surface area contributed by atoms with E-state index in [0.717, 1.165) is 23.0 Å². The van der Waals surface area contributed by atoms with Crippen molar-refractivity contribution in [1.82, 2.24) is 4.90 Å². The maximum absolute atomic E-state index is 9.61. The Hall–Kier alpha value is -0.460. The predicted molar refractivity (Wildman–Crippen MR) is 76.9 cm³/mol. The summed E-state index contributed by atoms with van der Waals surface area (Å²) in [4.78, 5) is 2.13. The summed E-state index contributed by atoms with van der Waals surface area (Å²) in [6, 6.07) is 8.04. The van der Waals surface area contributed by atoms with Gasteiger partial charge in [0.05, 0.1) is 25.9 Å². The molecule has 0 bridgehead atoms. The van der Waals surface area contributed by atoms with Crippen LogP contribution in [0.5, 0.6) is 0 Å². The van der Waals surface area contributed by atoms with E-state index >= 15 is 0 Å². The summed E-state index contributed by atoms with van der Waals surface area (Å²) in [6.45, 7) is 2.29. The number of hydrogen-bond donors (Lipinski definition) is 1. The highest BCUT2D eigenvalue weighted by atomic mass is 79.9. The Kier molecular flexibility index (Phi) is 5.78. The average molecular weight is 330 g/mol. The summed E-state index contributed by atoms with van der Waals surface area (Å²) in [7, 11) is 2.01. The zero-order valence-corrected chi connectivity index (χ0v) is 12.7. The molecule has 4 nitrogen and oxygen atoms in total. The molecule has 1 saturated heterocycles. The molecule has 0 amide bonds. The standard InChI is InChI=1S/C14H20BrNO3/c1-16(6-5-14-18-7-8-19-14)13(10-17)11-3-2-4-12(15)9-11/h2-4,9,13-14,17H,5-8,10H2,1H3/t13-/m0/s1. The topological polar surface area (TPSA) is 41.9 Å². The fraction of sp³-hybridized carbons (Fsp3) is 0.571. The molecule has 5 heteroatoms. The van der Waals surface area contributed by atoms with Gasteiger partial charge in [0, 0.05) is 17.4 Å². The predicted octanol–water partition coefficient (Wildman–Crippen LogP) is 2.18. The van der Waals surface area contributed by atoms with Crippen LogP contribution in [-0.2, 0) is 9.47 Å². The van der Waals surface area contributed by atoms with Crippen LogP contribution in [0.4, 0.5) is 0 Å². The van der Waals surface area contributed by atoms with Gasteiger partial charge >= 0.3 is 0 Å². The Morgan fingerprint density at radius 2 is 2.16 bits per heavy atom. The molecule has 1 heterocycles. The lowest BCUT2D eigenvalue weighted by Crippen LogP contribution is -2.30. The number of likely N-dealkylation sites (N-methyl/N-ethyl adjacent to an activating group) is 1. The van der Waals surface area contributed by atoms with Gasteiger partial charge in [-0.05, 0) is 24.7 Å². The number of benzene rings is 1. The molecule has 0 unspecified atom stereocenters. The van der Waals surface area contributed by atoms with Gasteiger partial charge in [0.1, 0.15) is 0 Å². The molecule has 1 aromatic rings. The lowest BCUT2D eigenvalue weighted by molar-refractivity contribution is -0.0531. The minimum atomic E-state index is -0.0932. The first-order valence-electron chi connectivity index (χ1n) is 6.50. The summed E-state index contributed by atoms with van der Waals surface area (Å²) < 4.78 is 11.9. The minimum Gasteiger partial charge on any atom is -0.394 e. The summed E-state index contributed by atoms with van der Waals surface area (Å²) in [5.74, 6) is 0. The SMILES string of the molecule is CN(CCC1OCCO1)[C@@H](CO)c1cccc(Br)c1. The highest BCUT2D eigenvalue weighted by Gasteiger charge is 2.20. The van der Waals surface area contributed by atoms with Gasteiger partial charge in [-0.25, -0.2) is 0 Å². The molecule has 1 aliphatic rings. The molecule has 0 aliphatic carbocycles. The van der Waals surface area contributed by atoms with Crippen LogP contribution in [0, 0.1) is 0 Å². The van der Waals surface area contributed by atoms with Crippen LogP contribution in [0.15, 0.2) is 28.7 Å². The van der Waals surface area contributed by atoms with Crippen LogP contribution < -0.4 is 0 Å². The Morgan fingerprint density at radius 3 is 2.79 bits per heavy atom. The van der Waals surface area contributed by atoms with E-state index in [9.17, 15) is 5.11 Å². The van der Waals surface area contributed by atoms with Gasteiger partial charge < -0.3 is 14.6 Å².